The Kier molecular flexibility index (Phi) is 9.87. The minimum atomic E-state index is 0.0204. The molecule has 0 saturated carbocycles. The van der Waals surface area contributed by atoms with Crippen LogP contribution in [0.4, 0.5) is 11.5 Å². The number of hydrogen-bond donors (Lipinski definition) is 1. The van der Waals surface area contributed by atoms with Crippen molar-refractivity contribution in [2.45, 2.75) is 45.1 Å². The summed E-state index contributed by atoms with van der Waals surface area (Å²) in [5, 5.41) is 5.05. The predicted molar refractivity (Wildman–Crippen MR) is 146 cm³/mol. The lowest BCUT2D eigenvalue weighted by Gasteiger charge is -2.32. The fraction of sp³-hybridized carbons (Fsp3) is 0.481. The predicted octanol–water partition coefficient (Wildman–Crippen LogP) is 6.74. The maximum atomic E-state index is 6.18. The van der Waals surface area contributed by atoms with Crippen molar-refractivity contribution in [1.82, 2.24) is 14.9 Å². The van der Waals surface area contributed by atoms with Crippen LogP contribution >= 0.6 is 23.2 Å². The first-order valence-electron chi connectivity index (χ1n) is 12.6. The van der Waals surface area contributed by atoms with Gasteiger partial charge in [-0.1, -0.05) is 55.8 Å². The Balaban J connectivity index is 1.41. The Morgan fingerprint density at radius 3 is 2.72 bits per heavy atom. The van der Waals surface area contributed by atoms with Crippen molar-refractivity contribution < 1.29 is 14.2 Å². The van der Waals surface area contributed by atoms with Crippen molar-refractivity contribution in [3.8, 4) is 11.5 Å². The number of rotatable bonds is 12. The van der Waals surface area contributed by atoms with Crippen molar-refractivity contribution in [3.05, 3.63) is 46.7 Å². The third-order valence-electron chi connectivity index (χ3n) is 6.33. The van der Waals surface area contributed by atoms with E-state index in [9.17, 15) is 0 Å². The van der Waals surface area contributed by atoms with Crippen LogP contribution in [-0.2, 0) is 4.74 Å². The molecule has 0 amide bonds. The summed E-state index contributed by atoms with van der Waals surface area (Å²) in [7, 11) is 1.63. The Labute approximate surface area is 223 Å². The molecule has 4 rings (SSSR count). The van der Waals surface area contributed by atoms with Crippen LogP contribution in [0.1, 0.15) is 39.0 Å². The molecule has 0 bridgehead atoms. The molecule has 1 atom stereocenters. The van der Waals surface area contributed by atoms with E-state index in [1.165, 1.54) is 38.4 Å². The number of methoxy groups -OCH3 is 1. The first-order valence-corrected chi connectivity index (χ1v) is 13.3. The number of nitrogens with one attached hydrogen (secondary N) is 1. The summed E-state index contributed by atoms with van der Waals surface area (Å²) < 4.78 is 17.8. The summed E-state index contributed by atoms with van der Waals surface area (Å²) in [6, 6.07) is 9.10. The third kappa shape index (κ3) is 7.13. The van der Waals surface area contributed by atoms with Crippen LogP contribution in [0.15, 0.2) is 36.7 Å². The summed E-state index contributed by atoms with van der Waals surface area (Å²) in [4.78, 5) is 11.3. The smallest absolute Gasteiger partial charge is 0.163 e. The molecule has 2 aromatic carbocycles. The van der Waals surface area contributed by atoms with Crippen LogP contribution in [0.5, 0.6) is 11.5 Å². The average Bonchev–Trinajstić information content (AvgIpc) is 2.89. The van der Waals surface area contributed by atoms with Crippen LogP contribution in [0.25, 0.3) is 10.9 Å². The van der Waals surface area contributed by atoms with Crippen molar-refractivity contribution >= 4 is 45.6 Å². The highest BCUT2D eigenvalue weighted by molar-refractivity contribution is 6.42. The van der Waals surface area contributed by atoms with Crippen LogP contribution in [0.2, 0.25) is 10.0 Å². The molecule has 1 saturated heterocycles. The van der Waals surface area contributed by atoms with E-state index in [4.69, 9.17) is 37.4 Å². The lowest BCUT2D eigenvalue weighted by molar-refractivity contribution is -0.0484. The maximum Gasteiger partial charge on any atom is 0.163 e. The normalized spacial score (nSPS) is 16.3. The number of nitrogens with zero attached hydrogens (tertiary/aromatic N) is 3. The Morgan fingerprint density at radius 2 is 1.92 bits per heavy atom. The highest BCUT2D eigenvalue weighted by atomic mass is 35.5. The van der Waals surface area contributed by atoms with Gasteiger partial charge >= 0.3 is 0 Å². The first kappa shape index (κ1) is 26.7. The van der Waals surface area contributed by atoms with Gasteiger partial charge < -0.3 is 19.5 Å². The summed E-state index contributed by atoms with van der Waals surface area (Å²) in [5.41, 5.74) is 1.51. The van der Waals surface area contributed by atoms with Crippen molar-refractivity contribution in [2.75, 3.05) is 45.3 Å². The monoisotopic (exact) mass is 532 g/mol. The molecule has 1 aliphatic rings. The van der Waals surface area contributed by atoms with E-state index in [1.54, 1.807) is 19.2 Å². The standard InChI is InChI=1S/C27H34Cl2N4O3/c1-3-4-5-6-7-10-33-11-12-35-20(16-33)17-36-26-15-24-21(14-25(26)34-2)27(31-18-30-24)32-19-8-9-22(28)23(29)13-19/h8-9,13-15,18,20H,3-7,10-12,16-17H2,1-2H3,(H,30,31,32). The zero-order valence-corrected chi connectivity index (χ0v) is 22.4. The van der Waals surface area contributed by atoms with Gasteiger partial charge in [0.25, 0.3) is 0 Å². The Bertz CT molecular complexity index is 1150. The largest absolute Gasteiger partial charge is 0.493 e. The van der Waals surface area contributed by atoms with Gasteiger partial charge in [-0.3, -0.25) is 4.90 Å². The van der Waals surface area contributed by atoms with Crippen molar-refractivity contribution in [1.29, 1.82) is 0 Å². The quantitative estimate of drug-likeness (QED) is 0.259. The summed E-state index contributed by atoms with van der Waals surface area (Å²) in [5.74, 6) is 1.87. The molecule has 9 heteroatoms. The van der Waals surface area contributed by atoms with E-state index in [0.29, 0.717) is 34.0 Å². The summed E-state index contributed by atoms with van der Waals surface area (Å²) in [6.45, 7) is 6.41. The van der Waals surface area contributed by atoms with E-state index < -0.39 is 0 Å². The van der Waals surface area contributed by atoms with Crippen molar-refractivity contribution in [3.63, 3.8) is 0 Å². The Morgan fingerprint density at radius 1 is 1.06 bits per heavy atom. The number of hydrogen-bond acceptors (Lipinski definition) is 7. The van der Waals surface area contributed by atoms with Gasteiger partial charge in [-0.2, -0.15) is 0 Å². The molecule has 3 aromatic rings. The van der Waals surface area contributed by atoms with E-state index in [-0.39, 0.29) is 6.10 Å². The highest BCUT2D eigenvalue weighted by Crippen LogP contribution is 2.35. The van der Waals surface area contributed by atoms with Gasteiger partial charge in [0.1, 0.15) is 24.9 Å². The molecule has 7 nitrogen and oxygen atoms in total. The van der Waals surface area contributed by atoms with Crippen LogP contribution in [0.3, 0.4) is 0 Å². The number of anilines is 2. The van der Waals surface area contributed by atoms with Gasteiger partial charge in [-0.25, -0.2) is 9.97 Å². The average molecular weight is 534 g/mol. The molecule has 0 radical (unpaired) electrons. The minimum Gasteiger partial charge on any atom is -0.493 e. The van der Waals surface area contributed by atoms with E-state index >= 15 is 0 Å². The van der Waals surface area contributed by atoms with Crippen molar-refractivity contribution in [2.24, 2.45) is 0 Å². The van der Waals surface area contributed by atoms with Gasteiger partial charge in [0.15, 0.2) is 11.5 Å². The highest BCUT2D eigenvalue weighted by Gasteiger charge is 2.22. The number of unbranched alkanes of at least 4 members (excludes halogenated alkanes) is 4. The molecular weight excluding hydrogens is 499 g/mol. The number of morpholine rings is 1. The van der Waals surface area contributed by atoms with Gasteiger partial charge in [0.2, 0.25) is 0 Å². The summed E-state index contributed by atoms with van der Waals surface area (Å²) in [6.07, 6.45) is 7.99. The minimum absolute atomic E-state index is 0.0204. The van der Waals surface area contributed by atoms with Crippen LogP contribution in [-0.4, -0.2) is 60.9 Å². The lowest BCUT2D eigenvalue weighted by atomic mass is 10.1. The number of benzene rings is 2. The molecule has 1 N–H and O–H groups in total. The molecular formula is C27H34Cl2N4O3. The number of fused-ring (bicyclic) bond motifs is 1. The Hall–Kier alpha value is -2.32. The molecule has 1 fully saturated rings. The second kappa shape index (κ2) is 13.3. The zero-order chi connectivity index (χ0) is 25.3. The zero-order valence-electron chi connectivity index (χ0n) is 20.9. The maximum absolute atomic E-state index is 6.18. The third-order valence-corrected chi connectivity index (χ3v) is 7.07. The first-order chi connectivity index (χ1) is 17.6. The second-order valence-corrected chi connectivity index (χ2v) is 9.83. The molecule has 2 heterocycles. The molecule has 1 aliphatic heterocycles. The second-order valence-electron chi connectivity index (χ2n) is 9.02. The fourth-order valence-electron chi connectivity index (χ4n) is 4.35. The van der Waals surface area contributed by atoms with E-state index in [0.717, 1.165) is 42.8 Å². The fourth-order valence-corrected chi connectivity index (χ4v) is 4.65. The van der Waals surface area contributed by atoms with Gasteiger partial charge in [-0.15, -0.1) is 0 Å². The molecule has 194 valence electrons. The van der Waals surface area contributed by atoms with E-state index in [1.807, 2.05) is 18.2 Å². The van der Waals surface area contributed by atoms with Gasteiger partial charge in [0, 0.05) is 30.2 Å². The van der Waals surface area contributed by atoms with E-state index in [2.05, 4.69) is 27.1 Å². The number of ether oxygens (including phenoxy) is 3. The van der Waals surface area contributed by atoms with Gasteiger partial charge in [-0.05, 0) is 37.2 Å². The molecule has 1 aromatic heterocycles. The summed E-state index contributed by atoms with van der Waals surface area (Å²) >= 11 is 12.2. The lowest BCUT2D eigenvalue weighted by Crippen LogP contribution is -2.45. The number of aromatic nitrogens is 2. The number of halogens is 2. The molecule has 36 heavy (non-hydrogen) atoms. The van der Waals surface area contributed by atoms with Crippen LogP contribution in [0, 0.1) is 0 Å². The molecule has 1 unspecified atom stereocenters. The molecule has 0 spiro atoms. The topological polar surface area (TPSA) is 68.7 Å². The SMILES string of the molecule is CCCCCCCN1CCOC(COc2cc3ncnc(Nc4ccc(Cl)c(Cl)c4)c3cc2OC)C1. The van der Waals surface area contributed by atoms with Gasteiger partial charge in [0.05, 0.1) is 29.3 Å². The molecule has 0 aliphatic carbocycles. The van der Waals surface area contributed by atoms with Crippen LogP contribution < -0.4 is 14.8 Å².